The highest BCUT2D eigenvalue weighted by atomic mass is 16.4. The molecule has 0 saturated carbocycles. The van der Waals surface area contributed by atoms with Gasteiger partial charge in [0.15, 0.2) is 0 Å². The second kappa shape index (κ2) is 3.58. The number of aliphatic carboxylic acids is 1. The molecule has 15 heavy (non-hydrogen) atoms. The van der Waals surface area contributed by atoms with E-state index >= 15 is 0 Å². The van der Waals surface area contributed by atoms with Crippen LogP contribution in [0.1, 0.15) is 20.3 Å². The molecule has 1 N–H and O–H groups in total. The molecule has 82 valence electrons. The van der Waals surface area contributed by atoms with E-state index in [1.807, 2.05) is 0 Å². The fourth-order valence-corrected chi connectivity index (χ4v) is 1.70. The van der Waals surface area contributed by atoms with Crippen LogP contribution in [0.25, 0.3) is 0 Å². The number of carboxylic acid groups (broad SMARTS) is 1. The summed E-state index contributed by atoms with van der Waals surface area (Å²) in [4.78, 5) is 33.9. The lowest BCUT2D eigenvalue weighted by atomic mass is 10.1. The van der Waals surface area contributed by atoms with Crippen LogP contribution in [-0.2, 0) is 14.4 Å². The van der Waals surface area contributed by atoms with Crippen molar-refractivity contribution in [2.45, 2.75) is 26.3 Å². The van der Waals surface area contributed by atoms with Crippen molar-refractivity contribution in [3.8, 4) is 0 Å². The highest BCUT2D eigenvalue weighted by Crippen LogP contribution is 2.25. The van der Waals surface area contributed by atoms with Gasteiger partial charge in [0, 0.05) is 0 Å². The number of hydrogen-bond acceptors (Lipinski definition) is 3. The van der Waals surface area contributed by atoms with Gasteiger partial charge in [-0.3, -0.25) is 4.79 Å². The number of quaternary nitrogens is 1. The van der Waals surface area contributed by atoms with E-state index in [-0.39, 0.29) is 18.2 Å². The van der Waals surface area contributed by atoms with Crippen molar-refractivity contribution in [3.63, 3.8) is 0 Å². The van der Waals surface area contributed by atoms with Gasteiger partial charge in [-0.2, -0.15) is 4.48 Å². The topological polar surface area (TPSA) is 71.4 Å². The molecule has 1 rings (SSSR count). The van der Waals surface area contributed by atoms with Gasteiger partial charge in [0.25, 0.3) is 0 Å². The number of nitrogens with zero attached hydrogens (tertiary/aromatic N) is 1. The van der Waals surface area contributed by atoms with Crippen LogP contribution in [0.5, 0.6) is 0 Å². The zero-order valence-electron chi connectivity index (χ0n) is 8.98. The van der Waals surface area contributed by atoms with Crippen molar-refractivity contribution in [2.24, 2.45) is 0 Å². The number of amides is 2. The molecule has 1 aliphatic rings. The summed E-state index contributed by atoms with van der Waals surface area (Å²) < 4.78 is -0.460. The Balaban J connectivity index is 2.98. The number of carbonyl (C=O) groups is 3. The monoisotopic (exact) mass is 212 g/mol. The van der Waals surface area contributed by atoms with Gasteiger partial charge in [-0.05, 0) is 13.8 Å². The van der Waals surface area contributed by atoms with E-state index in [9.17, 15) is 14.4 Å². The Labute approximate surface area is 87.6 Å². The Hall–Kier alpha value is -1.49. The molecule has 0 radical (unpaired) electrons. The van der Waals surface area contributed by atoms with E-state index in [1.54, 1.807) is 13.8 Å². The van der Waals surface area contributed by atoms with Crippen molar-refractivity contribution in [1.29, 1.82) is 0 Å². The average Bonchev–Trinajstić information content (AvgIpc) is 2.30. The van der Waals surface area contributed by atoms with Crippen LogP contribution < -0.4 is 0 Å². The second-order valence-corrected chi connectivity index (χ2v) is 3.99. The summed E-state index contributed by atoms with van der Waals surface area (Å²) in [6.45, 7) is 3.16. The first-order chi connectivity index (χ1) is 6.80. The molecule has 0 aromatic heterocycles. The molecule has 0 aromatic rings. The zero-order valence-corrected chi connectivity index (χ0v) is 8.98. The predicted octanol–water partition coefficient (Wildman–Crippen LogP) is 0.309. The van der Waals surface area contributed by atoms with Crippen LogP contribution in [0, 0.1) is 0 Å². The first-order valence-corrected chi connectivity index (χ1v) is 4.66. The lowest BCUT2D eigenvalue weighted by molar-refractivity contribution is -0.775. The number of rotatable bonds is 3. The first kappa shape index (κ1) is 11.6. The summed E-state index contributed by atoms with van der Waals surface area (Å²) in [5, 5.41) is 8.65. The SMILES string of the molecule is CC1=CC(=O)[N+](C)(C(C)CC(=O)O)C1=O. The van der Waals surface area contributed by atoms with E-state index in [2.05, 4.69) is 0 Å². The van der Waals surface area contributed by atoms with Crippen LogP contribution >= 0.6 is 0 Å². The fourth-order valence-electron chi connectivity index (χ4n) is 1.70. The smallest absolute Gasteiger partial charge is 0.349 e. The van der Waals surface area contributed by atoms with Crippen molar-refractivity contribution >= 4 is 17.8 Å². The Morgan fingerprint density at radius 1 is 1.53 bits per heavy atom. The largest absolute Gasteiger partial charge is 0.481 e. The maximum absolute atomic E-state index is 11.8. The molecule has 5 nitrogen and oxygen atoms in total. The van der Waals surface area contributed by atoms with E-state index in [0.717, 1.165) is 0 Å². The van der Waals surface area contributed by atoms with Gasteiger partial charge in [0.2, 0.25) is 0 Å². The van der Waals surface area contributed by atoms with Crippen molar-refractivity contribution < 1.29 is 24.0 Å². The van der Waals surface area contributed by atoms with Gasteiger partial charge < -0.3 is 5.11 Å². The standard InChI is InChI=1S/C10H13NO4/c1-6-4-8(12)11(3,10(6)15)7(2)5-9(13)14/h4,7H,5H2,1-3H3/p+1. The highest BCUT2D eigenvalue weighted by Gasteiger charge is 2.49. The number of carboxylic acids is 1. The van der Waals surface area contributed by atoms with Crippen LogP contribution in [0.15, 0.2) is 11.6 Å². The van der Waals surface area contributed by atoms with Gasteiger partial charge in [-0.25, -0.2) is 9.59 Å². The number of carbonyl (C=O) groups excluding carboxylic acids is 2. The molecule has 0 aliphatic carbocycles. The Morgan fingerprint density at radius 3 is 2.40 bits per heavy atom. The number of hydrogen-bond donors (Lipinski definition) is 1. The van der Waals surface area contributed by atoms with E-state index < -0.39 is 16.5 Å². The van der Waals surface area contributed by atoms with Crippen LogP contribution in [0.2, 0.25) is 0 Å². The van der Waals surface area contributed by atoms with Crippen LogP contribution in [0.3, 0.4) is 0 Å². The van der Waals surface area contributed by atoms with Crippen molar-refractivity contribution in [2.75, 3.05) is 7.05 Å². The van der Waals surface area contributed by atoms with E-state index in [0.29, 0.717) is 5.57 Å². The van der Waals surface area contributed by atoms with Gasteiger partial charge in [-0.15, -0.1) is 0 Å². The predicted molar refractivity (Wildman–Crippen MR) is 51.7 cm³/mol. The Kier molecular flexibility index (Phi) is 2.77. The lowest BCUT2D eigenvalue weighted by Crippen LogP contribution is -2.56. The van der Waals surface area contributed by atoms with Gasteiger partial charge in [-0.1, -0.05) is 0 Å². The Morgan fingerprint density at radius 2 is 2.07 bits per heavy atom. The highest BCUT2D eigenvalue weighted by molar-refractivity contribution is 6.07. The minimum atomic E-state index is -1.01. The van der Waals surface area contributed by atoms with Crippen molar-refractivity contribution in [3.05, 3.63) is 11.6 Å². The molecule has 1 aliphatic heterocycles. The fraction of sp³-hybridized carbons (Fsp3) is 0.500. The molecule has 2 amide bonds. The third kappa shape index (κ3) is 1.70. The molecule has 0 aromatic carbocycles. The molecule has 2 unspecified atom stereocenters. The molecular formula is C10H14NO4+. The van der Waals surface area contributed by atoms with E-state index in [4.69, 9.17) is 5.11 Å². The summed E-state index contributed by atoms with van der Waals surface area (Å²) in [6.07, 6.45) is 1.08. The minimum absolute atomic E-state index is 0.199. The molecule has 0 fully saturated rings. The summed E-state index contributed by atoms with van der Waals surface area (Å²) in [5.41, 5.74) is 0.389. The van der Waals surface area contributed by atoms with Crippen LogP contribution in [0.4, 0.5) is 0 Å². The zero-order chi connectivity index (χ0) is 11.8. The van der Waals surface area contributed by atoms with Crippen LogP contribution in [-0.4, -0.2) is 40.5 Å². The summed E-state index contributed by atoms with van der Waals surface area (Å²) in [6, 6.07) is -0.545. The van der Waals surface area contributed by atoms with E-state index in [1.165, 1.54) is 13.1 Å². The number of imide groups is 1. The summed E-state index contributed by atoms with van der Waals surface area (Å²) in [7, 11) is 1.46. The molecule has 0 bridgehead atoms. The minimum Gasteiger partial charge on any atom is -0.481 e. The second-order valence-electron chi connectivity index (χ2n) is 3.99. The van der Waals surface area contributed by atoms with Gasteiger partial charge >= 0.3 is 17.8 Å². The molecule has 1 heterocycles. The maximum atomic E-state index is 11.8. The molecule has 5 heteroatoms. The third-order valence-corrected chi connectivity index (χ3v) is 2.91. The summed E-state index contributed by atoms with van der Waals surface area (Å²) >= 11 is 0. The normalized spacial score (nSPS) is 27.8. The third-order valence-electron chi connectivity index (χ3n) is 2.91. The maximum Gasteiger partial charge on any atom is 0.349 e. The number of likely N-dealkylation sites (N-methyl/N-ethyl adjacent to an activating group) is 1. The molecule has 2 atom stereocenters. The van der Waals surface area contributed by atoms with Gasteiger partial charge in [0.05, 0.1) is 25.1 Å². The summed E-state index contributed by atoms with van der Waals surface area (Å²) in [5.74, 6) is -1.66. The average molecular weight is 212 g/mol. The first-order valence-electron chi connectivity index (χ1n) is 4.66. The molecule has 0 spiro atoms. The quantitative estimate of drug-likeness (QED) is 0.540. The molecule has 0 saturated heterocycles. The molecular weight excluding hydrogens is 198 g/mol. The Bertz CT molecular complexity index is 372. The van der Waals surface area contributed by atoms with Gasteiger partial charge in [0.1, 0.15) is 6.04 Å². The lowest BCUT2D eigenvalue weighted by Gasteiger charge is -2.29. The van der Waals surface area contributed by atoms with Crippen molar-refractivity contribution in [1.82, 2.24) is 0 Å².